The molecule has 0 aliphatic rings. The van der Waals surface area contributed by atoms with Crippen LogP contribution in [-0.4, -0.2) is 31.2 Å². The van der Waals surface area contributed by atoms with Gasteiger partial charge >= 0.3 is 0 Å². The second-order valence-corrected chi connectivity index (χ2v) is 4.25. The first-order valence-electron chi connectivity index (χ1n) is 4.35. The lowest BCUT2D eigenvalue weighted by Crippen LogP contribution is -2.40. The van der Waals surface area contributed by atoms with Crippen LogP contribution in [0.15, 0.2) is 0 Å². The fourth-order valence-corrected chi connectivity index (χ4v) is 0.725. The maximum Gasteiger partial charge on any atom is 0.247 e. The first-order valence-corrected chi connectivity index (χ1v) is 4.35. The van der Waals surface area contributed by atoms with E-state index < -0.39 is 0 Å². The Kier molecular flexibility index (Phi) is 4.36. The number of carbonyl (C=O) groups excluding carboxylic acids is 1. The van der Waals surface area contributed by atoms with Gasteiger partial charge in [-0.25, -0.2) is 5.06 Å². The fourth-order valence-electron chi connectivity index (χ4n) is 0.725. The quantitative estimate of drug-likeness (QED) is 0.665. The Bertz CT molecular complexity index is 175. The SMILES string of the molecule is CON(C)C(=O)CC(N)C(C)(C)C. The molecule has 1 amide bonds. The molecule has 0 saturated heterocycles. The number of hydroxylamine groups is 2. The molecule has 0 aliphatic heterocycles. The van der Waals surface area contributed by atoms with E-state index in [9.17, 15) is 4.79 Å². The smallest absolute Gasteiger partial charge is 0.247 e. The normalized spacial score (nSPS) is 14.0. The van der Waals surface area contributed by atoms with Crippen molar-refractivity contribution in [3.63, 3.8) is 0 Å². The molecule has 2 N–H and O–H groups in total. The van der Waals surface area contributed by atoms with E-state index in [1.807, 2.05) is 20.8 Å². The van der Waals surface area contributed by atoms with Crippen LogP contribution < -0.4 is 5.73 Å². The summed E-state index contributed by atoms with van der Waals surface area (Å²) in [6, 6.07) is -0.141. The van der Waals surface area contributed by atoms with E-state index in [1.165, 1.54) is 12.2 Å². The molecule has 0 aromatic carbocycles. The van der Waals surface area contributed by atoms with E-state index in [1.54, 1.807) is 7.05 Å². The average Bonchev–Trinajstić information content (AvgIpc) is 2.01. The molecule has 0 rings (SSSR count). The van der Waals surface area contributed by atoms with Crippen molar-refractivity contribution in [2.24, 2.45) is 11.1 Å². The van der Waals surface area contributed by atoms with Gasteiger partial charge in [0.15, 0.2) is 0 Å². The van der Waals surface area contributed by atoms with E-state index in [-0.39, 0.29) is 17.4 Å². The largest absolute Gasteiger partial charge is 0.327 e. The molecule has 0 aromatic rings. The summed E-state index contributed by atoms with van der Waals surface area (Å²) in [4.78, 5) is 16.1. The lowest BCUT2D eigenvalue weighted by atomic mass is 9.85. The number of nitrogens with zero attached hydrogens (tertiary/aromatic N) is 1. The topological polar surface area (TPSA) is 55.6 Å². The molecular weight excluding hydrogens is 168 g/mol. The number of hydrogen-bond donors (Lipinski definition) is 1. The van der Waals surface area contributed by atoms with Crippen molar-refractivity contribution in [2.45, 2.75) is 33.2 Å². The molecule has 0 spiro atoms. The highest BCUT2D eigenvalue weighted by Gasteiger charge is 2.24. The minimum atomic E-state index is -0.141. The van der Waals surface area contributed by atoms with E-state index >= 15 is 0 Å². The number of carbonyl (C=O) groups is 1. The van der Waals surface area contributed by atoms with E-state index in [0.717, 1.165) is 0 Å². The van der Waals surface area contributed by atoms with E-state index in [4.69, 9.17) is 10.6 Å². The fraction of sp³-hybridized carbons (Fsp3) is 0.889. The lowest BCUT2D eigenvalue weighted by Gasteiger charge is -2.27. The molecular formula is C9H20N2O2. The van der Waals surface area contributed by atoms with Crippen LogP contribution >= 0.6 is 0 Å². The van der Waals surface area contributed by atoms with Crippen LogP contribution in [0.25, 0.3) is 0 Å². The Morgan fingerprint density at radius 3 is 2.31 bits per heavy atom. The highest BCUT2D eigenvalue weighted by molar-refractivity contribution is 5.75. The third-order valence-corrected chi connectivity index (χ3v) is 2.13. The Morgan fingerprint density at radius 1 is 1.54 bits per heavy atom. The van der Waals surface area contributed by atoms with Crippen LogP contribution in [0.4, 0.5) is 0 Å². The summed E-state index contributed by atoms with van der Waals surface area (Å²) in [5.74, 6) is -0.0927. The van der Waals surface area contributed by atoms with Gasteiger partial charge in [-0.2, -0.15) is 0 Å². The maximum absolute atomic E-state index is 11.4. The van der Waals surface area contributed by atoms with Crippen molar-refractivity contribution in [1.29, 1.82) is 0 Å². The van der Waals surface area contributed by atoms with Gasteiger partial charge in [0.05, 0.1) is 7.11 Å². The second kappa shape index (κ2) is 4.58. The Hall–Kier alpha value is -0.610. The van der Waals surface area contributed by atoms with E-state index in [0.29, 0.717) is 6.42 Å². The minimum Gasteiger partial charge on any atom is -0.327 e. The van der Waals surface area contributed by atoms with Crippen molar-refractivity contribution in [1.82, 2.24) is 5.06 Å². The summed E-state index contributed by atoms with van der Waals surface area (Å²) in [7, 11) is 3.04. The Balaban J connectivity index is 4.07. The average molecular weight is 188 g/mol. The molecule has 13 heavy (non-hydrogen) atoms. The number of nitrogens with two attached hydrogens (primary N) is 1. The Morgan fingerprint density at radius 2 is 2.00 bits per heavy atom. The summed E-state index contributed by atoms with van der Waals surface area (Å²) < 4.78 is 0. The number of hydrogen-bond acceptors (Lipinski definition) is 3. The summed E-state index contributed by atoms with van der Waals surface area (Å²) in [5.41, 5.74) is 5.79. The predicted octanol–water partition coefficient (Wildman–Crippen LogP) is 0.770. The van der Waals surface area contributed by atoms with Crippen LogP contribution in [0.5, 0.6) is 0 Å². The van der Waals surface area contributed by atoms with Crippen molar-refractivity contribution in [3.8, 4) is 0 Å². The molecule has 0 aliphatic carbocycles. The van der Waals surface area contributed by atoms with Gasteiger partial charge in [0.1, 0.15) is 0 Å². The van der Waals surface area contributed by atoms with Gasteiger partial charge in [0.2, 0.25) is 5.91 Å². The molecule has 0 saturated carbocycles. The maximum atomic E-state index is 11.4. The number of rotatable bonds is 3. The van der Waals surface area contributed by atoms with E-state index in [2.05, 4.69) is 0 Å². The summed E-state index contributed by atoms with van der Waals surface area (Å²) in [6.45, 7) is 6.03. The second-order valence-electron chi connectivity index (χ2n) is 4.25. The zero-order chi connectivity index (χ0) is 10.6. The van der Waals surface area contributed by atoms with Crippen LogP contribution in [0, 0.1) is 5.41 Å². The number of amides is 1. The zero-order valence-corrected chi connectivity index (χ0v) is 9.13. The third-order valence-electron chi connectivity index (χ3n) is 2.13. The molecule has 4 nitrogen and oxygen atoms in total. The standard InChI is InChI=1S/C9H20N2O2/c1-9(2,3)7(10)6-8(12)11(4)13-5/h7H,6,10H2,1-5H3. The van der Waals surface area contributed by atoms with Gasteiger partial charge in [-0.15, -0.1) is 0 Å². The van der Waals surface area contributed by atoms with Crippen LogP contribution in [-0.2, 0) is 9.63 Å². The van der Waals surface area contributed by atoms with Crippen LogP contribution in [0.3, 0.4) is 0 Å². The predicted molar refractivity (Wildman–Crippen MR) is 51.8 cm³/mol. The lowest BCUT2D eigenvalue weighted by molar-refractivity contribution is -0.169. The summed E-state index contributed by atoms with van der Waals surface area (Å²) >= 11 is 0. The summed E-state index contributed by atoms with van der Waals surface area (Å²) in [6.07, 6.45) is 0.313. The molecule has 0 radical (unpaired) electrons. The van der Waals surface area contributed by atoms with Crippen molar-refractivity contribution in [3.05, 3.63) is 0 Å². The summed E-state index contributed by atoms with van der Waals surface area (Å²) in [5, 5.41) is 1.20. The van der Waals surface area contributed by atoms with Gasteiger partial charge in [0.25, 0.3) is 0 Å². The first-order chi connectivity index (χ1) is 5.79. The molecule has 0 bridgehead atoms. The van der Waals surface area contributed by atoms with Gasteiger partial charge < -0.3 is 5.73 Å². The monoisotopic (exact) mass is 188 g/mol. The highest BCUT2D eigenvalue weighted by atomic mass is 16.7. The Labute approximate surface area is 80.0 Å². The zero-order valence-electron chi connectivity index (χ0n) is 9.13. The van der Waals surface area contributed by atoms with Crippen molar-refractivity contribution >= 4 is 5.91 Å². The van der Waals surface area contributed by atoms with Crippen molar-refractivity contribution < 1.29 is 9.63 Å². The molecule has 1 atom stereocenters. The third kappa shape index (κ3) is 4.24. The molecule has 0 aromatic heterocycles. The van der Waals surface area contributed by atoms with Crippen LogP contribution in [0.1, 0.15) is 27.2 Å². The highest BCUT2D eigenvalue weighted by Crippen LogP contribution is 2.20. The van der Waals surface area contributed by atoms with Crippen molar-refractivity contribution in [2.75, 3.05) is 14.2 Å². The molecule has 1 unspecified atom stereocenters. The van der Waals surface area contributed by atoms with Gasteiger partial charge in [-0.05, 0) is 5.41 Å². The molecule has 4 heteroatoms. The minimum absolute atomic E-state index is 0.0513. The van der Waals surface area contributed by atoms with Gasteiger partial charge in [-0.3, -0.25) is 9.63 Å². The molecule has 0 fully saturated rings. The van der Waals surface area contributed by atoms with Gasteiger partial charge in [0, 0.05) is 19.5 Å². The molecule has 0 heterocycles. The molecule has 78 valence electrons. The van der Waals surface area contributed by atoms with Gasteiger partial charge in [-0.1, -0.05) is 20.8 Å². The van der Waals surface area contributed by atoms with Crippen LogP contribution in [0.2, 0.25) is 0 Å². The first kappa shape index (κ1) is 12.4.